The number of carbonyl (C=O) groups is 1. The molecule has 3 aromatic heterocycles. The fraction of sp³-hybridized carbons (Fsp3) is 0.467. The molecule has 4 aliphatic rings. The normalized spacial score (nSPS) is 22.0. The number of amides is 1. The average molecular weight is 573 g/mol. The molecule has 0 aromatic carbocycles. The van der Waals surface area contributed by atoms with Gasteiger partial charge in [0.1, 0.15) is 6.07 Å². The Morgan fingerprint density at radius 3 is 2.67 bits per heavy atom. The Kier molecular flexibility index (Phi) is 8.73. The predicted molar refractivity (Wildman–Crippen MR) is 148 cm³/mol. The first-order valence-corrected chi connectivity index (χ1v) is 14.0. The van der Waals surface area contributed by atoms with Gasteiger partial charge in [-0.3, -0.25) is 9.78 Å². The van der Waals surface area contributed by atoms with Crippen LogP contribution in [0.15, 0.2) is 30.5 Å². The smallest absolute Gasteiger partial charge is 0.373 e. The Morgan fingerprint density at radius 2 is 1.95 bits per heavy atom. The molecule has 42 heavy (non-hydrogen) atoms. The Hall–Kier alpha value is -4.43. The van der Waals surface area contributed by atoms with Gasteiger partial charge in [0, 0.05) is 24.3 Å². The van der Waals surface area contributed by atoms with E-state index in [0.717, 1.165) is 60.8 Å². The second kappa shape index (κ2) is 12.6. The lowest BCUT2D eigenvalue weighted by Gasteiger charge is -2.53. The van der Waals surface area contributed by atoms with Crippen molar-refractivity contribution in [2.75, 3.05) is 25.1 Å². The molecule has 2 saturated heterocycles. The minimum Gasteiger partial charge on any atom is -0.480 e. The van der Waals surface area contributed by atoms with E-state index in [1.54, 1.807) is 6.20 Å². The maximum Gasteiger partial charge on any atom is 0.373 e. The molecule has 12 heteroatoms. The fourth-order valence-electron chi connectivity index (χ4n) is 5.78. The number of rotatable bonds is 9. The van der Waals surface area contributed by atoms with Gasteiger partial charge in [-0.15, -0.1) is 0 Å². The highest BCUT2D eigenvalue weighted by Gasteiger charge is 2.49. The largest absolute Gasteiger partial charge is 0.480 e. The maximum absolute atomic E-state index is 11.6. The summed E-state index contributed by atoms with van der Waals surface area (Å²) in [6.45, 7) is 3.89. The van der Waals surface area contributed by atoms with Crippen LogP contribution in [0.25, 0.3) is 11.0 Å². The molecule has 0 unspecified atom stereocenters. The van der Waals surface area contributed by atoms with E-state index in [4.69, 9.17) is 28.8 Å². The molecule has 2 N–H and O–H groups in total. The van der Waals surface area contributed by atoms with Gasteiger partial charge in [0.15, 0.2) is 18.2 Å². The second-order valence-electron chi connectivity index (χ2n) is 10.8. The summed E-state index contributed by atoms with van der Waals surface area (Å²) >= 11 is 0. The Labute approximate surface area is 242 Å². The Morgan fingerprint density at radius 1 is 1.14 bits per heavy atom. The molecule has 0 atom stereocenters. The van der Waals surface area contributed by atoms with E-state index in [-0.39, 0.29) is 29.8 Å². The lowest BCUT2D eigenvalue weighted by atomic mass is 9.69. The van der Waals surface area contributed by atoms with E-state index in [1.165, 1.54) is 0 Å². The van der Waals surface area contributed by atoms with E-state index in [9.17, 15) is 10.1 Å². The summed E-state index contributed by atoms with van der Waals surface area (Å²) in [5.41, 5.74) is 3.53. The third-order valence-electron chi connectivity index (χ3n) is 8.15. The van der Waals surface area contributed by atoms with Crippen molar-refractivity contribution in [1.82, 2.24) is 20.3 Å². The van der Waals surface area contributed by atoms with Crippen molar-refractivity contribution >= 4 is 28.9 Å². The first-order valence-electron chi connectivity index (χ1n) is 14.0. The number of nitrogens with zero attached hydrogens (tertiary/aromatic N) is 4. The van der Waals surface area contributed by atoms with Gasteiger partial charge in [0.25, 0.3) is 5.91 Å². The molecule has 2 bridgehead atoms. The molecule has 6 heterocycles. The lowest BCUT2D eigenvalue weighted by molar-refractivity contribution is -0.191. The second-order valence-corrected chi connectivity index (χ2v) is 10.8. The van der Waals surface area contributed by atoms with Gasteiger partial charge >= 0.3 is 6.15 Å². The summed E-state index contributed by atoms with van der Waals surface area (Å²) in [4.78, 5) is 41.6. The highest BCUT2D eigenvalue weighted by atomic mass is 16.5. The first-order chi connectivity index (χ1) is 20.4. The fourth-order valence-corrected chi connectivity index (χ4v) is 5.78. The van der Waals surface area contributed by atoms with E-state index in [0.29, 0.717) is 49.2 Å². The molecule has 1 saturated carbocycles. The van der Waals surface area contributed by atoms with Crippen LogP contribution in [0.3, 0.4) is 0 Å². The summed E-state index contributed by atoms with van der Waals surface area (Å²) in [5, 5.41) is 16.3. The SMILES string of the molecule is CCCOc1ccc2ncc(C#N)c(CCC34CCC(NCc5ccc6c(n5)NC(=O)CO6)(CC3)CO4)c2n1.O=C=O. The number of carbonyl (C=O) groups excluding carboxylic acids is 3. The van der Waals surface area contributed by atoms with Crippen LogP contribution in [0.4, 0.5) is 5.82 Å². The molecule has 0 spiro atoms. The molecular formula is C30H32N6O6. The summed E-state index contributed by atoms with van der Waals surface area (Å²) < 4.78 is 17.7. The number of fused-ring (bicyclic) bond motifs is 5. The topological polar surface area (TPSA) is 165 Å². The highest BCUT2D eigenvalue weighted by Crippen LogP contribution is 2.46. The van der Waals surface area contributed by atoms with Crippen molar-refractivity contribution in [3.63, 3.8) is 0 Å². The van der Waals surface area contributed by atoms with Crippen LogP contribution < -0.4 is 20.1 Å². The number of ether oxygens (including phenoxy) is 3. The third-order valence-corrected chi connectivity index (χ3v) is 8.15. The zero-order valence-corrected chi connectivity index (χ0v) is 23.4. The molecule has 12 nitrogen and oxygen atoms in total. The van der Waals surface area contributed by atoms with Gasteiger partial charge < -0.3 is 24.8 Å². The number of hydrogen-bond acceptors (Lipinski definition) is 11. The number of aryl methyl sites for hydroxylation is 1. The number of anilines is 1. The van der Waals surface area contributed by atoms with Crippen molar-refractivity contribution < 1.29 is 28.6 Å². The van der Waals surface area contributed by atoms with Gasteiger partial charge in [-0.25, -0.2) is 9.97 Å². The minimum absolute atomic E-state index is 0.0224. The number of aromatic nitrogens is 3. The number of hydrogen-bond donors (Lipinski definition) is 2. The monoisotopic (exact) mass is 572 g/mol. The number of nitrogens with one attached hydrogen (secondary N) is 2. The van der Waals surface area contributed by atoms with Crippen LogP contribution in [0, 0.1) is 11.3 Å². The number of nitriles is 1. The quantitative estimate of drug-likeness (QED) is 0.386. The van der Waals surface area contributed by atoms with Gasteiger partial charge in [0.05, 0.1) is 41.1 Å². The Bertz CT molecular complexity index is 1520. The van der Waals surface area contributed by atoms with Crippen molar-refractivity contribution in [1.29, 1.82) is 5.26 Å². The van der Waals surface area contributed by atoms with Crippen molar-refractivity contribution in [3.8, 4) is 17.7 Å². The predicted octanol–water partition coefficient (Wildman–Crippen LogP) is 3.24. The van der Waals surface area contributed by atoms with E-state index in [1.807, 2.05) is 24.3 Å². The zero-order valence-electron chi connectivity index (χ0n) is 23.4. The maximum atomic E-state index is 11.6. The van der Waals surface area contributed by atoms with E-state index >= 15 is 0 Å². The molecule has 1 amide bonds. The molecule has 0 radical (unpaired) electrons. The first kappa shape index (κ1) is 29.1. The van der Waals surface area contributed by atoms with Crippen LogP contribution in [0.5, 0.6) is 11.6 Å². The van der Waals surface area contributed by atoms with Crippen molar-refractivity contribution in [3.05, 3.63) is 47.3 Å². The zero-order chi connectivity index (χ0) is 29.6. The van der Waals surface area contributed by atoms with Crippen molar-refractivity contribution in [2.24, 2.45) is 0 Å². The molecular weight excluding hydrogens is 540 g/mol. The molecule has 7 rings (SSSR count). The highest BCUT2D eigenvalue weighted by molar-refractivity contribution is 5.94. The molecule has 218 valence electrons. The van der Waals surface area contributed by atoms with Gasteiger partial charge in [0.2, 0.25) is 5.88 Å². The third kappa shape index (κ3) is 6.24. The minimum atomic E-state index is -0.201. The Balaban J connectivity index is 0.00000113. The van der Waals surface area contributed by atoms with E-state index in [2.05, 4.69) is 33.6 Å². The summed E-state index contributed by atoms with van der Waals surface area (Å²) in [6.07, 6.45) is 8.23. The van der Waals surface area contributed by atoms with Crippen LogP contribution in [0.2, 0.25) is 0 Å². The van der Waals surface area contributed by atoms with Crippen LogP contribution >= 0.6 is 0 Å². The number of pyridine rings is 3. The van der Waals surface area contributed by atoms with Gasteiger partial charge in [-0.05, 0) is 68.7 Å². The summed E-state index contributed by atoms with van der Waals surface area (Å²) in [5.74, 6) is 1.45. The van der Waals surface area contributed by atoms with Crippen LogP contribution in [0.1, 0.15) is 62.3 Å². The van der Waals surface area contributed by atoms with Gasteiger partial charge in [-0.1, -0.05) is 6.92 Å². The summed E-state index contributed by atoms with van der Waals surface area (Å²) in [7, 11) is 0. The van der Waals surface area contributed by atoms with Gasteiger partial charge in [-0.2, -0.15) is 14.9 Å². The van der Waals surface area contributed by atoms with Crippen molar-refractivity contribution in [2.45, 2.75) is 69.6 Å². The van der Waals surface area contributed by atoms with Crippen LogP contribution in [-0.2, 0) is 32.1 Å². The molecule has 1 aliphatic carbocycles. The lowest BCUT2D eigenvalue weighted by Crippen LogP contribution is -2.61. The van der Waals surface area contributed by atoms with Crippen LogP contribution in [-0.4, -0.2) is 58.0 Å². The molecule has 3 aromatic rings. The summed E-state index contributed by atoms with van der Waals surface area (Å²) in [6, 6.07) is 9.83. The van der Waals surface area contributed by atoms with E-state index < -0.39 is 0 Å². The molecule has 3 fully saturated rings. The molecule has 3 aliphatic heterocycles. The standard InChI is InChI=1S/C29H32N6O4.CO2/c1-2-13-37-25-6-4-22-26(35-25)21(19(14-30)15-31-22)7-8-29-11-9-28(10-12-29,18-39-29)32-16-20-3-5-23-27(33-20)34-24(36)17-38-23;2-1-3/h3-6,15,32H,2,7-13,16-18H2,1H3,(H,33,34,36);. The average Bonchev–Trinajstić information content (AvgIpc) is 3.02.